The van der Waals surface area contributed by atoms with Crippen LogP contribution < -0.4 is 5.56 Å². The molecule has 0 aromatic carbocycles. The minimum Gasteiger partial charge on any atom is -0.477 e. The van der Waals surface area contributed by atoms with E-state index in [0.29, 0.717) is 22.9 Å². The van der Waals surface area contributed by atoms with Gasteiger partial charge in [-0.05, 0) is 39.3 Å². The van der Waals surface area contributed by atoms with Crippen LogP contribution in [0.4, 0.5) is 0 Å². The lowest BCUT2D eigenvalue weighted by Crippen LogP contribution is -2.29. The van der Waals surface area contributed by atoms with Crippen molar-refractivity contribution in [2.24, 2.45) is 0 Å². The second kappa shape index (κ2) is 4.96. The summed E-state index contributed by atoms with van der Waals surface area (Å²) in [6, 6.07) is 1.67. The third-order valence-corrected chi connectivity index (χ3v) is 3.28. The first-order valence-electron chi connectivity index (χ1n) is 6.18. The highest BCUT2D eigenvalue weighted by molar-refractivity contribution is 5.88. The number of carbonyl (C=O) groups is 1. The zero-order chi connectivity index (χ0) is 15.0. The van der Waals surface area contributed by atoms with E-state index < -0.39 is 11.5 Å². The Morgan fingerprint density at radius 3 is 2.50 bits per heavy atom. The molecular weight excluding hydrogens is 260 g/mol. The van der Waals surface area contributed by atoms with E-state index in [2.05, 4.69) is 4.98 Å². The van der Waals surface area contributed by atoms with Gasteiger partial charge in [-0.3, -0.25) is 4.79 Å². The molecule has 106 valence electrons. The first kappa shape index (κ1) is 14.0. The summed E-state index contributed by atoms with van der Waals surface area (Å²) in [5.74, 6) is -0.136. The molecule has 0 aliphatic heterocycles. The predicted molar refractivity (Wildman–Crippen MR) is 72.2 cm³/mol. The number of hydrogen-bond acceptors (Lipinski definition) is 4. The molecule has 0 spiro atoms. The second-order valence-electron chi connectivity index (χ2n) is 4.79. The summed E-state index contributed by atoms with van der Waals surface area (Å²) in [6.07, 6.45) is 0. The maximum absolute atomic E-state index is 12.3. The molecule has 0 bridgehead atoms. The lowest BCUT2D eigenvalue weighted by Gasteiger charge is -2.10. The number of pyridine rings is 1. The Labute approximate surface area is 115 Å². The zero-order valence-electron chi connectivity index (χ0n) is 11.9. The van der Waals surface area contributed by atoms with Crippen molar-refractivity contribution in [3.63, 3.8) is 0 Å². The molecule has 0 saturated carbocycles. The number of oxazole rings is 1. The fraction of sp³-hybridized carbons (Fsp3) is 0.357. The predicted octanol–water partition coefficient (Wildman–Crippen LogP) is 1.82. The van der Waals surface area contributed by atoms with Gasteiger partial charge in [0.25, 0.3) is 5.56 Å². The minimum absolute atomic E-state index is 0.125. The molecule has 0 fully saturated rings. The largest absolute Gasteiger partial charge is 0.477 e. The SMILES string of the molecule is Cc1cc(C)n(Cc2nc(C)c(C)o2)c(=O)c1C(=O)O. The standard InChI is InChI=1S/C14H16N2O4/c1-7-5-8(2)16(13(17)12(7)14(18)19)6-11-15-9(3)10(4)20-11/h5H,6H2,1-4H3,(H,18,19). The average Bonchev–Trinajstić information content (AvgIpc) is 2.63. The van der Waals surface area contributed by atoms with Crippen molar-refractivity contribution in [2.75, 3.05) is 0 Å². The number of aromatic nitrogens is 2. The van der Waals surface area contributed by atoms with Crippen molar-refractivity contribution in [3.05, 3.63) is 50.6 Å². The molecule has 2 aromatic heterocycles. The van der Waals surface area contributed by atoms with Gasteiger partial charge in [-0.15, -0.1) is 0 Å². The summed E-state index contributed by atoms with van der Waals surface area (Å²) in [6.45, 7) is 7.10. The number of aromatic carboxylic acids is 1. The topological polar surface area (TPSA) is 85.3 Å². The van der Waals surface area contributed by atoms with Crippen LogP contribution >= 0.6 is 0 Å². The molecule has 6 nitrogen and oxygen atoms in total. The molecule has 0 saturated heterocycles. The molecule has 0 amide bonds. The molecule has 0 aliphatic carbocycles. The van der Waals surface area contributed by atoms with Crippen molar-refractivity contribution in [3.8, 4) is 0 Å². The number of rotatable bonds is 3. The quantitative estimate of drug-likeness (QED) is 0.924. The molecule has 2 heterocycles. The van der Waals surface area contributed by atoms with Crippen molar-refractivity contribution in [1.82, 2.24) is 9.55 Å². The van der Waals surface area contributed by atoms with Crippen LogP contribution in [0.25, 0.3) is 0 Å². The van der Waals surface area contributed by atoms with Crippen LogP contribution in [0.15, 0.2) is 15.3 Å². The minimum atomic E-state index is -1.22. The van der Waals surface area contributed by atoms with E-state index in [-0.39, 0.29) is 12.1 Å². The Bertz CT molecular complexity index is 721. The third kappa shape index (κ3) is 2.36. The van der Waals surface area contributed by atoms with Gasteiger partial charge in [-0.2, -0.15) is 0 Å². The van der Waals surface area contributed by atoms with Gasteiger partial charge in [-0.25, -0.2) is 9.78 Å². The fourth-order valence-electron chi connectivity index (χ4n) is 2.13. The third-order valence-electron chi connectivity index (χ3n) is 3.28. The molecule has 6 heteroatoms. The fourth-order valence-corrected chi connectivity index (χ4v) is 2.13. The normalized spacial score (nSPS) is 10.8. The smallest absolute Gasteiger partial charge is 0.341 e. The van der Waals surface area contributed by atoms with E-state index in [0.717, 1.165) is 5.69 Å². The van der Waals surface area contributed by atoms with E-state index in [1.54, 1.807) is 26.8 Å². The van der Waals surface area contributed by atoms with Gasteiger partial charge >= 0.3 is 5.97 Å². The highest BCUT2D eigenvalue weighted by atomic mass is 16.4. The lowest BCUT2D eigenvalue weighted by molar-refractivity contribution is 0.0693. The summed E-state index contributed by atoms with van der Waals surface area (Å²) >= 11 is 0. The van der Waals surface area contributed by atoms with Crippen LogP contribution in [-0.4, -0.2) is 20.6 Å². The Kier molecular flexibility index (Phi) is 3.48. The van der Waals surface area contributed by atoms with Crippen LogP contribution in [-0.2, 0) is 6.54 Å². The zero-order valence-corrected chi connectivity index (χ0v) is 11.9. The molecule has 0 unspecified atom stereocenters. The molecule has 20 heavy (non-hydrogen) atoms. The molecule has 2 rings (SSSR count). The van der Waals surface area contributed by atoms with Gasteiger partial charge in [0.1, 0.15) is 17.9 Å². The van der Waals surface area contributed by atoms with Gasteiger partial charge in [0.05, 0.1) is 5.69 Å². The molecule has 0 aliphatic rings. The van der Waals surface area contributed by atoms with E-state index in [1.165, 1.54) is 4.57 Å². The van der Waals surface area contributed by atoms with Crippen LogP contribution in [0, 0.1) is 27.7 Å². The van der Waals surface area contributed by atoms with E-state index in [9.17, 15) is 9.59 Å². The van der Waals surface area contributed by atoms with Gasteiger partial charge in [0.2, 0.25) is 5.89 Å². The van der Waals surface area contributed by atoms with Gasteiger partial charge in [0.15, 0.2) is 0 Å². The number of hydrogen-bond donors (Lipinski definition) is 1. The Morgan fingerprint density at radius 1 is 1.35 bits per heavy atom. The summed E-state index contributed by atoms with van der Waals surface area (Å²) in [4.78, 5) is 27.6. The van der Waals surface area contributed by atoms with Crippen LogP contribution in [0.5, 0.6) is 0 Å². The van der Waals surface area contributed by atoms with Crippen LogP contribution in [0.2, 0.25) is 0 Å². The number of nitrogens with zero attached hydrogens (tertiary/aromatic N) is 2. The average molecular weight is 276 g/mol. The second-order valence-corrected chi connectivity index (χ2v) is 4.79. The lowest BCUT2D eigenvalue weighted by atomic mass is 10.1. The molecular formula is C14H16N2O4. The van der Waals surface area contributed by atoms with Crippen molar-refractivity contribution in [1.29, 1.82) is 0 Å². The summed E-state index contributed by atoms with van der Waals surface area (Å²) < 4.78 is 6.80. The highest BCUT2D eigenvalue weighted by Crippen LogP contribution is 2.12. The number of carboxylic acid groups (broad SMARTS) is 1. The number of carboxylic acids is 1. The van der Waals surface area contributed by atoms with Gasteiger partial charge in [-0.1, -0.05) is 0 Å². The van der Waals surface area contributed by atoms with Crippen molar-refractivity contribution >= 4 is 5.97 Å². The molecule has 1 N–H and O–H groups in total. The van der Waals surface area contributed by atoms with Crippen molar-refractivity contribution < 1.29 is 14.3 Å². The van der Waals surface area contributed by atoms with Gasteiger partial charge in [0, 0.05) is 5.69 Å². The molecule has 2 aromatic rings. The maximum Gasteiger partial charge on any atom is 0.341 e. The first-order chi connectivity index (χ1) is 9.31. The summed E-state index contributed by atoms with van der Waals surface area (Å²) in [5.41, 5.74) is 1.14. The summed E-state index contributed by atoms with van der Waals surface area (Å²) in [5, 5.41) is 9.12. The van der Waals surface area contributed by atoms with E-state index >= 15 is 0 Å². The van der Waals surface area contributed by atoms with Crippen molar-refractivity contribution in [2.45, 2.75) is 34.2 Å². The first-order valence-corrected chi connectivity index (χ1v) is 6.18. The maximum atomic E-state index is 12.3. The molecule has 0 atom stereocenters. The molecule has 0 radical (unpaired) electrons. The Hall–Kier alpha value is -2.37. The monoisotopic (exact) mass is 276 g/mol. The highest BCUT2D eigenvalue weighted by Gasteiger charge is 2.18. The van der Waals surface area contributed by atoms with Crippen LogP contribution in [0.1, 0.15) is 39.0 Å². The number of aryl methyl sites for hydroxylation is 4. The van der Waals surface area contributed by atoms with E-state index in [4.69, 9.17) is 9.52 Å². The van der Waals surface area contributed by atoms with E-state index in [1.807, 2.05) is 6.92 Å². The van der Waals surface area contributed by atoms with Gasteiger partial charge < -0.3 is 14.1 Å². The van der Waals surface area contributed by atoms with Crippen LogP contribution in [0.3, 0.4) is 0 Å². The Balaban J connectivity index is 2.54. The summed E-state index contributed by atoms with van der Waals surface area (Å²) in [7, 11) is 0. The Morgan fingerprint density at radius 2 is 2.00 bits per heavy atom.